The topological polar surface area (TPSA) is 88.3 Å². The molecule has 1 heterocycles. The minimum Gasteiger partial charge on any atom is -0.377 e. The lowest BCUT2D eigenvalue weighted by Gasteiger charge is -2.11. The molecule has 1 unspecified atom stereocenters. The summed E-state index contributed by atoms with van der Waals surface area (Å²) in [5.74, 6) is -0.409. The standard InChI is InChI=1S/C10H15ClN2O4S/c1-3-17-7(2)5-13-10(14)9-4-8(6-12-9)18(11,15)16/h4,6-7,12H,3,5H2,1-2H3,(H,13,14). The number of hydrogen-bond acceptors (Lipinski definition) is 4. The zero-order valence-corrected chi connectivity index (χ0v) is 11.6. The minimum absolute atomic E-state index is 0.106. The molecular formula is C10H15ClN2O4S. The predicted octanol–water partition coefficient (Wildman–Crippen LogP) is 1.10. The SMILES string of the molecule is CCOC(C)CNC(=O)c1cc(S(=O)(=O)Cl)c[nH]1. The number of aromatic nitrogens is 1. The monoisotopic (exact) mass is 294 g/mol. The molecular weight excluding hydrogens is 280 g/mol. The molecule has 0 saturated heterocycles. The quantitative estimate of drug-likeness (QED) is 0.769. The summed E-state index contributed by atoms with van der Waals surface area (Å²) in [5.41, 5.74) is 0.137. The van der Waals surface area contributed by atoms with Gasteiger partial charge in [0.05, 0.1) is 6.10 Å². The van der Waals surface area contributed by atoms with Gasteiger partial charge in [0, 0.05) is 30.0 Å². The Labute approximate surface area is 110 Å². The van der Waals surface area contributed by atoms with E-state index in [1.807, 2.05) is 13.8 Å². The van der Waals surface area contributed by atoms with Gasteiger partial charge in [-0.3, -0.25) is 4.79 Å². The minimum atomic E-state index is -3.82. The van der Waals surface area contributed by atoms with Crippen molar-refractivity contribution in [3.05, 3.63) is 18.0 Å². The average molecular weight is 295 g/mol. The molecule has 0 radical (unpaired) electrons. The summed E-state index contributed by atoms with van der Waals surface area (Å²) < 4.78 is 27.3. The highest BCUT2D eigenvalue weighted by Crippen LogP contribution is 2.15. The van der Waals surface area contributed by atoms with Crippen molar-refractivity contribution < 1.29 is 17.9 Å². The smallest absolute Gasteiger partial charge is 0.267 e. The van der Waals surface area contributed by atoms with Crippen molar-refractivity contribution in [1.82, 2.24) is 10.3 Å². The second kappa shape index (κ2) is 6.21. The van der Waals surface area contributed by atoms with Gasteiger partial charge in [-0.15, -0.1) is 0 Å². The van der Waals surface area contributed by atoms with Crippen molar-refractivity contribution in [2.45, 2.75) is 24.8 Å². The van der Waals surface area contributed by atoms with E-state index in [0.29, 0.717) is 13.2 Å². The normalized spacial score (nSPS) is 13.3. The molecule has 2 N–H and O–H groups in total. The van der Waals surface area contributed by atoms with E-state index in [4.69, 9.17) is 15.4 Å². The molecule has 1 aromatic rings. The van der Waals surface area contributed by atoms with Crippen LogP contribution in [-0.2, 0) is 13.8 Å². The fourth-order valence-electron chi connectivity index (χ4n) is 1.32. The summed E-state index contributed by atoms with van der Waals surface area (Å²) >= 11 is 0. The van der Waals surface area contributed by atoms with Crippen molar-refractivity contribution in [2.75, 3.05) is 13.2 Å². The van der Waals surface area contributed by atoms with Crippen LogP contribution in [0.2, 0.25) is 0 Å². The number of H-pyrrole nitrogens is 1. The van der Waals surface area contributed by atoms with Crippen molar-refractivity contribution in [3.8, 4) is 0 Å². The Balaban J connectivity index is 2.60. The fourth-order valence-corrected chi connectivity index (χ4v) is 2.05. The number of aromatic amines is 1. The zero-order valence-electron chi connectivity index (χ0n) is 10.1. The number of rotatable bonds is 6. The summed E-state index contributed by atoms with van der Waals surface area (Å²) in [7, 11) is 1.33. The van der Waals surface area contributed by atoms with Gasteiger partial charge in [-0.25, -0.2) is 8.42 Å². The first kappa shape index (κ1) is 15.0. The number of ether oxygens (including phenoxy) is 1. The molecule has 0 fully saturated rings. The lowest BCUT2D eigenvalue weighted by Crippen LogP contribution is -2.32. The summed E-state index contributed by atoms with van der Waals surface area (Å²) in [6.45, 7) is 4.59. The van der Waals surface area contributed by atoms with Crippen LogP contribution in [0.25, 0.3) is 0 Å². The molecule has 0 aliphatic heterocycles. The van der Waals surface area contributed by atoms with Crippen LogP contribution in [0, 0.1) is 0 Å². The molecule has 0 saturated carbocycles. The van der Waals surface area contributed by atoms with Crippen molar-refractivity contribution in [2.24, 2.45) is 0 Å². The highest BCUT2D eigenvalue weighted by Gasteiger charge is 2.16. The maximum Gasteiger partial charge on any atom is 0.267 e. The summed E-state index contributed by atoms with van der Waals surface area (Å²) in [6.07, 6.45) is 1.06. The fraction of sp³-hybridized carbons (Fsp3) is 0.500. The molecule has 6 nitrogen and oxygen atoms in total. The number of halogens is 1. The Kier molecular flexibility index (Phi) is 5.18. The first-order valence-electron chi connectivity index (χ1n) is 5.37. The predicted molar refractivity (Wildman–Crippen MR) is 67.3 cm³/mol. The Morgan fingerprint density at radius 2 is 2.28 bits per heavy atom. The average Bonchev–Trinajstić information content (AvgIpc) is 2.75. The van der Waals surface area contributed by atoms with E-state index in [0.717, 1.165) is 0 Å². The van der Waals surface area contributed by atoms with Gasteiger partial charge in [0.2, 0.25) is 0 Å². The van der Waals surface area contributed by atoms with Crippen molar-refractivity contribution in [1.29, 1.82) is 0 Å². The first-order chi connectivity index (χ1) is 8.34. The van der Waals surface area contributed by atoms with Crippen molar-refractivity contribution in [3.63, 3.8) is 0 Å². The van der Waals surface area contributed by atoms with E-state index in [1.54, 1.807) is 0 Å². The third-order valence-corrected chi connectivity index (χ3v) is 3.52. The van der Waals surface area contributed by atoms with E-state index >= 15 is 0 Å². The molecule has 18 heavy (non-hydrogen) atoms. The molecule has 0 spiro atoms. The van der Waals surface area contributed by atoms with Gasteiger partial charge in [-0.1, -0.05) is 0 Å². The lowest BCUT2D eigenvalue weighted by molar-refractivity contribution is 0.0693. The Morgan fingerprint density at radius 3 is 2.78 bits per heavy atom. The molecule has 0 bridgehead atoms. The largest absolute Gasteiger partial charge is 0.377 e. The zero-order chi connectivity index (χ0) is 13.8. The van der Waals surface area contributed by atoms with E-state index in [9.17, 15) is 13.2 Å². The van der Waals surface area contributed by atoms with Crippen LogP contribution < -0.4 is 5.32 Å². The lowest BCUT2D eigenvalue weighted by atomic mass is 10.3. The van der Waals surface area contributed by atoms with Gasteiger partial charge in [0.1, 0.15) is 10.6 Å². The van der Waals surface area contributed by atoms with Gasteiger partial charge < -0.3 is 15.0 Å². The molecule has 0 aromatic carbocycles. The summed E-state index contributed by atoms with van der Waals surface area (Å²) in [4.78, 5) is 14.1. The maximum absolute atomic E-state index is 11.7. The molecule has 1 atom stereocenters. The van der Waals surface area contributed by atoms with Crippen molar-refractivity contribution >= 4 is 25.6 Å². The van der Waals surface area contributed by atoms with Crippen LogP contribution in [0.4, 0.5) is 0 Å². The third-order valence-electron chi connectivity index (χ3n) is 2.18. The van der Waals surface area contributed by atoms with Crippen LogP contribution in [0.5, 0.6) is 0 Å². The van der Waals surface area contributed by atoms with E-state index in [-0.39, 0.29) is 16.7 Å². The maximum atomic E-state index is 11.7. The van der Waals surface area contributed by atoms with Gasteiger partial charge in [-0.2, -0.15) is 0 Å². The molecule has 102 valence electrons. The van der Waals surface area contributed by atoms with Gasteiger partial charge in [0.15, 0.2) is 0 Å². The number of hydrogen-bond donors (Lipinski definition) is 2. The van der Waals surface area contributed by atoms with Gasteiger partial charge in [0.25, 0.3) is 15.0 Å². The highest BCUT2D eigenvalue weighted by atomic mass is 35.7. The summed E-state index contributed by atoms with van der Waals surface area (Å²) in [6, 6.07) is 1.18. The molecule has 1 amide bonds. The van der Waals surface area contributed by atoms with E-state index in [2.05, 4.69) is 10.3 Å². The molecule has 1 rings (SSSR count). The van der Waals surface area contributed by atoms with Crippen LogP contribution >= 0.6 is 10.7 Å². The van der Waals surface area contributed by atoms with Crippen LogP contribution in [0.15, 0.2) is 17.2 Å². The summed E-state index contributed by atoms with van der Waals surface area (Å²) in [5, 5.41) is 2.62. The molecule has 1 aromatic heterocycles. The van der Waals surface area contributed by atoms with Gasteiger partial charge in [-0.05, 0) is 19.9 Å². The van der Waals surface area contributed by atoms with E-state index in [1.165, 1.54) is 12.3 Å². The molecule has 0 aliphatic carbocycles. The Hall–Kier alpha value is -1.05. The Bertz CT molecular complexity index is 512. The number of carbonyl (C=O) groups is 1. The third kappa shape index (κ3) is 4.32. The first-order valence-corrected chi connectivity index (χ1v) is 7.68. The van der Waals surface area contributed by atoms with Crippen LogP contribution in [-0.4, -0.2) is 38.6 Å². The number of amides is 1. The van der Waals surface area contributed by atoms with Crippen LogP contribution in [0.1, 0.15) is 24.3 Å². The highest BCUT2D eigenvalue weighted by molar-refractivity contribution is 8.13. The number of nitrogens with one attached hydrogen (secondary N) is 2. The second-order valence-electron chi connectivity index (χ2n) is 3.66. The molecule has 0 aliphatic rings. The second-order valence-corrected chi connectivity index (χ2v) is 6.23. The van der Waals surface area contributed by atoms with Crippen LogP contribution in [0.3, 0.4) is 0 Å². The van der Waals surface area contributed by atoms with Gasteiger partial charge >= 0.3 is 0 Å². The Morgan fingerprint density at radius 1 is 1.61 bits per heavy atom. The molecule has 8 heteroatoms. The number of carbonyl (C=O) groups excluding carboxylic acids is 1. The van der Waals surface area contributed by atoms with E-state index < -0.39 is 15.0 Å².